The molecule has 0 spiro atoms. The lowest BCUT2D eigenvalue weighted by Gasteiger charge is -2.31. The number of para-hydroxylation sites is 2. The fourth-order valence-electron chi connectivity index (χ4n) is 5.30. The van der Waals surface area contributed by atoms with E-state index in [1.165, 1.54) is 4.57 Å². The van der Waals surface area contributed by atoms with Gasteiger partial charge < -0.3 is 9.88 Å². The van der Waals surface area contributed by atoms with Crippen LogP contribution in [0, 0.1) is 13.8 Å². The molecule has 0 saturated carbocycles. The molecule has 2 aromatic heterocycles. The molecule has 0 saturated heterocycles. The van der Waals surface area contributed by atoms with E-state index in [1.807, 2.05) is 37.3 Å². The van der Waals surface area contributed by atoms with Crippen molar-refractivity contribution in [3.05, 3.63) is 116 Å². The Morgan fingerprint density at radius 1 is 0.800 bits per heavy atom. The Kier molecular flexibility index (Phi) is 4.61. The molecule has 0 aliphatic carbocycles. The first-order valence-electron chi connectivity index (χ1n) is 11.7. The van der Waals surface area contributed by atoms with E-state index in [0.29, 0.717) is 10.9 Å². The lowest BCUT2D eigenvalue weighted by molar-refractivity contribution is 0.708. The van der Waals surface area contributed by atoms with Crippen LogP contribution in [0.15, 0.2) is 82.4 Å². The lowest BCUT2D eigenvalue weighted by Crippen LogP contribution is -2.37. The summed E-state index contributed by atoms with van der Waals surface area (Å²) in [4.78, 5) is 26.8. The smallest absolute Gasteiger partial charge is 0.331 e. The largest absolute Gasteiger partial charge is 0.371 e. The van der Waals surface area contributed by atoms with Gasteiger partial charge in [0.1, 0.15) is 0 Å². The molecular formula is C29H26N4O2. The van der Waals surface area contributed by atoms with Crippen LogP contribution in [0.3, 0.4) is 0 Å². The fourth-order valence-corrected chi connectivity index (χ4v) is 5.30. The average Bonchev–Trinajstić information content (AvgIpc) is 3.23. The van der Waals surface area contributed by atoms with Gasteiger partial charge in [-0.05, 0) is 37.1 Å². The number of hydrogen-bond acceptors (Lipinski definition) is 3. The normalized spacial score (nSPS) is 14.5. The maximum absolute atomic E-state index is 13.7. The monoisotopic (exact) mass is 462 g/mol. The number of nitrogens with one attached hydrogen (secondary N) is 1. The summed E-state index contributed by atoms with van der Waals surface area (Å²) in [5.74, 6) is 0. The second-order valence-electron chi connectivity index (χ2n) is 9.37. The van der Waals surface area contributed by atoms with Gasteiger partial charge in [-0.1, -0.05) is 71.8 Å². The summed E-state index contributed by atoms with van der Waals surface area (Å²) < 4.78 is 4.99. The number of anilines is 1. The highest BCUT2D eigenvalue weighted by molar-refractivity contribution is 5.99. The fraction of sp³-hybridized carbons (Fsp3) is 0.172. The zero-order chi connectivity index (χ0) is 24.4. The van der Waals surface area contributed by atoms with Gasteiger partial charge >= 0.3 is 5.69 Å². The minimum absolute atomic E-state index is 0.246. The quantitative estimate of drug-likeness (QED) is 0.409. The van der Waals surface area contributed by atoms with Crippen molar-refractivity contribution >= 4 is 16.6 Å². The Bertz CT molecular complexity index is 1750. The predicted octanol–water partition coefficient (Wildman–Crippen LogP) is 4.83. The second-order valence-corrected chi connectivity index (χ2v) is 9.37. The van der Waals surface area contributed by atoms with Crippen molar-refractivity contribution < 1.29 is 0 Å². The SMILES string of the molecule is Cc1ccc(-c2c3c(=O)n(C)c(=O)n(C)c3c3n2-c2ccccc2NC3c2cccc(C)c2)cc1. The van der Waals surface area contributed by atoms with E-state index >= 15 is 0 Å². The molecule has 6 rings (SSSR count). The zero-order valence-corrected chi connectivity index (χ0v) is 20.2. The second kappa shape index (κ2) is 7.60. The maximum atomic E-state index is 13.7. The van der Waals surface area contributed by atoms with Crippen LogP contribution in [0.25, 0.3) is 27.8 Å². The van der Waals surface area contributed by atoms with Crippen molar-refractivity contribution in [3.8, 4) is 16.9 Å². The molecule has 1 aliphatic heterocycles. The van der Waals surface area contributed by atoms with Crippen LogP contribution in [0.5, 0.6) is 0 Å². The summed E-state index contributed by atoms with van der Waals surface area (Å²) in [6.07, 6.45) is 0. The van der Waals surface area contributed by atoms with Crippen LogP contribution < -0.4 is 16.6 Å². The van der Waals surface area contributed by atoms with Crippen LogP contribution in [0.2, 0.25) is 0 Å². The Balaban J connectivity index is 1.86. The number of fused-ring (bicyclic) bond motifs is 5. The molecule has 3 heterocycles. The van der Waals surface area contributed by atoms with Crippen LogP contribution in [-0.2, 0) is 14.1 Å². The Labute approximate surface area is 202 Å². The zero-order valence-electron chi connectivity index (χ0n) is 20.2. The Morgan fingerprint density at radius 3 is 2.29 bits per heavy atom. The Hall–Kier alpha value is -4.32. The first-order chi connectivity index (χ1) is 16.9. The summed E-state index contributed by atoms with van der Waals surface area (Å²) in [5, 5.41) is 4.24. The number of nitrogens with zero attached hydrogens (tertiary/aromatic N) is 3. The van der Waals surface area contributed by atoms with Crippen molar-refractivity contribution in [1.29, 1.82) is 0 Å². The lowest BCUT2D eigenvalue weighted by atomic mass is 9.98. The summed E-state index contributed by atoms with van der Waals surface area (Å²) in [5.41, 5.74) is 7.93. The van der Waals surface area contributed by atoms with Gasteiger partial charge in [-0.15, -0.1) is 0 Å². The van der Waals surface area contributed by atoms with E-state index in [1.54, 1.807) is 18.7 Å². The van der Waals surface area contributed by atoms with Crippen LogP contribution in [0.4, 0.5) is 5.69 Å². The molecule has 1 aliphatic rings. The average molecular weight is 463 g/mol. The highest BCUT2D eigenvalue weighted by Gasteiger charge is 2.34. The molecule has 174 valence electrons. The molecule has 0 amide bonds. The number of aryl methyl sites for hydroxylation is 3. The summed E-state index contributed by atoms with van der Waals surface area (Å²) in [6, 6.07) is 24.4. The molecular weight excluding hydrogens is 436 g/mol. The molecule has 1 atom stereocenters. The van der Waals surface area contributed by atoms with Crippen molar-refractivity contribution in [2.45, 2.75) is 19.9 Å². The first-order valence-corrected chi connectivity index (χ1v) is 11.7. The highest BCUT2D eigenvalue weighted by Crippen LogP contribution is 2.45. The van der Waals surface area contributed by atoms with Crippen molar-refractivity contribution in [2.75, 3.05) is 5.32 Å². The van der Waals surface area contributed by atoms with E-state index in [4.69, 9.17) is 0 Å². The minimum Gasteiger partial charge on any atom is -0.371 e. The van der Waals surface area contributed by atoms with Gasteiger partial charge in [0.05, 0.1) is 39.7 Å². The highest BCUT2D eigenvalue weighted by atomic mass is 16.2. The Morgan fingerprint density at radius 2 is 1.54 bits per heavy atom. The molecule has 0 bridgehead atoms. The molecule has 1 N–H and O–H groups in total. The summed E-state index contributed by atoms with van der Waals surface area (Å²) >= 11 is 0. The summed E-state index contributed by atoms with van der Waals surface area (Å²) in [6.45, 7) is 4.12. The van der Waals surface area contributed by atoms with Gasteiger partial charge in [0.15, 0.2) is 0 Å². The number of rotatable bonds is 2. The number of aromatic nitrogens is 3. The first kappa shape index (κ1) is 21.2. The molecule has 3 aromatic carbocycles. The molecule has 0 fully saturated rings. The molecule has 6 nitrogen and oxygen atoms in total. The van der Waals surface area contributed by atoms with Crippen LogP contribution in [0.1, 0.15) is 28.4 Å². The maximum Gasteiger partial charge on any atom is 0.331 e. The van der Waals surface area contributed by atoms with E-state index in [2.05, 4.69) is 59.3 Å². The van der Waals surface area contributed by atoms with Crippen molar-refractivity contribution in [3.63, 3.8) is 0 Å². The van der Waals surface area contributed by atoms with Crippen LogP contribution >= 0.6 is 0 Å². The van der Waals surface area contributed by atoms with Crippen molar-refractivity contribution in [2.24, 2.45) is 14.1 Å². The third-order valence-corrected chi connectivity index (χ3v) is 7.03. The minimum atomic E-state index is -0.340. The van der Waals surface area contributed by atoms with Gasteiger partial charge in [0.25, 0.3) is 5.56 Å². The predicted molar refractivity (Wildman–Crippen MR) is 141 cm³/mol. The van der Waals surface area contributed by atoms with Gasteiger partial charge in [-0.25, -0.2) is 4.79 Å². The molecule has 35 heavy (non-hydrogen) atoms. The van der Waals surface area contributed by atoms with Gasteiger partial charge in [0.2, 0.25) is 0 Å². The van der Waals surface area contributed by atoms with Crippen molar-refractivity contribution in [1.82, 2.24) is 13.7 Å². The third kappa shape index (κ3) is 3.03. The molecule has 6 heteroatoms. The van der Waals surface area contributed by atoms with E-state index < -0.39 is 0 Å². The van der Waals surface area contributed by atoms with E-state index in [9.17, 15) is 9.59 Å². The molecule has 0 radical (unpaired) electrons. The van der Waals surface area contributed by atoms with Gasteiger partial charge in [-0.3, -0.25) is 13.9 Å². The number of benzene rings is 3. The van der Waals surface area contributed by atoms with E-state index in [0.717, 1.165) is 45.0 Å². The number of hydrogen-bond donors (Lipinski definition) is 1. The topological polar surface area (TPSA) is 61.0 Å². The van der Waals surface area contributed by atoms with Gasteiger partial charge in [0, 0.05) is 14.1 Å². The standard InChI is InChI=1S/C29H26N4O2/c1-17-12-14-19(15-13-17)25-23-26(31(3)29(35)32(4)28(23)34)27-24(20-9-7-8-18(2)16-20)30-21-10-5-6-11-22(21)33(25)27/h5-16,24,30H,1-4H3. The summed E-state index contributed by atoms with van der Waals surface area (Å²) in [7, 11) is 3.29. The molecule has 5 aromatic rings. The van der Waals surface area contributed by atoms with E-state index in [-0.39, 0.29) is 17.3 Å². The van der Waals surface area contributed by atoms with Gasteiger partial charge in [-0.2, -0.15) is 0 Å². The molecule has 1 unspecified atom stereocenters. The van der Waals surface area contributed by atoms with Crippen LogP contribution in [-0.4, -0.2) is 13.7 Å². The third-order valence-electron chi connectivity index (χ3n) is 7.03.